The van der Waals surface area contributed by atoms with Gasteiger partial charge in [-0.3, -0.25) is 4.98 Å². The summed E-state index contributed by atoms with van der Waals surface area (Å²) >= 11 is 5.67. The van der Waals surface area contributed by atoms with Crippen molar-refractivity contribution in [3.05, 3.63) is 59.4 Å². The van der Waals surface area contributed by atoms with Crippen LogP contribution in [0.15, 0.2) is 42.7 Å². The fourth-order valence-corrected chi connectivity index (χ4v) is 3.07. The van der Waals surface area contributed by atoms with E-state index in [1.807, 2.05) is 12.3 Å². The van der Waals surface area contributed by atoms with Gasteiger partial charge in [-0.05, 0) is 67.9 Å². The predicted molar refractivity (Wildman–Crippen MR) is 103 cm³/mol. The van der Waals surface area contributed by atoms with Crippen LogP contribution in [0.4, 0.5) is 5.69 Å². The Morgan fingerprint density at radius 3 is 2.58 bits per heavy atom. The summed E-state index contributed by atoms with van der Waals surface area (Å²) < 4.78 is 5.25. The first-order valence-electron chi connectivity index (χ1n) is 8.06. The largest absolute Gasteiger partial charge is 0.383 e. The molecule has 0 aliphatic heterocycles. The molecule has 128 valence electrons. The number of ether oxygens (including phenoxy) is 1. The Balaban J connectivity index is 2.18. The third kappa shape index (κ3) is 5.01. The Morgan fingerprint density at radius 2 is 2.00 bits per heavy atom. The molecule has 0 unspecified atom stereocenters. The van der Waals surface area contributed by atoms with Crippen LogP contribution in [0.1, 0.15) is 29.7 Å². The first-order chi connectivity index (χ1) is 11.5. The molecule has 0 spiro atoms. The minimum Gasteiger partial charge on any atom is -0.383 e. The number of aryl methyl sites for hydroxylation is 2. The van der Waals surface area contributed by atoms with Gasteiger partial charge in [0.2, 0.25) is 0 Å². The molecule has 0 fully saturated rings. The summed E-state index contributed by atoms with van der Waals surface area (Å²) in [5.74, 6) is 0. The Morgan fingerprint density at radius 1 is 1.29 bits per heavy atom. The number of anilines is 1. The van der Waals surface area contributed by atoms with Gasteiger partial charge >= 0.3 is 0 Å². The normalized spacial score (nSPS) is 11.8. The molecule has 5 heteroatoms. The molecule has 4 nitrogen and oxygen atoms in total. The molecule has 0 saturated heterocycles. The molecule has 0 amide bonds. The minimum atomic E-state index is 0.111. The number of hydrogen-bond donors (Lipinski definition) is 1. The molecule has 1 N–H and O–H groups in total. The monoisotopic (exact) mass is 343 g/mol. The summed E-state index contributed by atoms with van der Waals surface area (Å²) in [6, 6.07) is 10.5. The van der Waals surface area contributed by atoms with Gasteiger partial charge in [-0.1, -0.05) is 12.1 Å². The molecule has 0 aliphatic rings. The second-order valence-corrected chi connectivity index (χ2v) is 6.34. The second kappa shape index (κ2) is 8.76. The van der Waals surface area contributed by atoms with Crippen LogP contribution in [0.25, 0.3) is 0 Å². The Kier molecular flexibility index (Phi) is 6.70. The quantitative estimate of drug-likeness (QED) is 0.799. The molecular formula is C19H25N3OS. The predicted octanol–water partition coefficient (Wildman–Crippen LogP) is 4.10. The van der Waals surface area contributed by atoms with Crippen LogP contribution < -0.4 is 5.32 Å². The van der Waals surface area contributed by atoms with Crippen LogP contribution in [0.5, 0.6) is 0 Å². The van der Waals surface area contributed by atoms with E-state index in [9.17, 15) is 0 Å². The van der Waals surface area contributed by atoms with Gasteiger partial charge in [0.15, 0.2) is 5.11 Å². The topological polar surface area (TPSA) is 37.4 Å². The smallest absolute Gasteiger partial charge is 0.174 e. The van der Waals surface area contributed by atoms with Crippen molar-refractivity contribution in [3.63, 3.8) is 0 Å². The van der Waals surface area contributed by atoms with Crippen molar-refractivity contribution < 1.29 is 4.74 Å². The highest BCUT2D eigenvalue weighted by Crippen LogP contribution is 2.21. The van der Waals surface area contributed by atoms with Crippen molar-refractivity contribution in [3.8, 4) is 0 Å². The summed E-state index contributed by atoms with van der Waals surface area (Å²) in [5, 5.41) is 4.05. The average molecular weight is 343 g/mol. The second-order valence-electron chi connectivity index (χ2n) is 5.96. The third-order valence-corrected chi connectivity index (χ3v) is 4.24. The minimum absolute atomic E-state index is 0.111. The molecule has 1 aromatic carbocycles. The average Bonchev–Trinajstić information content (AvgIpc) is 2.54. The lowest BCUT2D eigenvalue weighted by Gasteiger charge is -2.32. The fourth-order valence-electron chi connectivity index (χ4n) is 2.71. The molecule has 2 aromatic rings. The van der Waals surface area contributed by atoms with Crippen molar-refractivity contribution in [1.29, 1.82) is 0 Å². The molecule has 0 saturated carbocycles. The zero-order chi connectivity index (χ0) is 17.5. The molecule has 0 bridgehead atoms. The maximum atomic E-state index is 5.67. The highest BCUT2D eigenvalue weighted by atomic mass is 32.1. The van der Waals surface area contributed by atoms with Gasteiger partial charge in [-0.2, -0.15) is 0 Å². The number of rotatable bonds is 6. The van der Waals surface area contributed by atoms with Crippen LogP contribution in [-0.4, -0.2) is 35.3 Å². The van der Waals surface area contributed by atoms with E-state index in [1.165, 1.54) is 11.1 Å². The standard InChI is InChI=1S/C19H25N3OS/c1-14-10-15(2)12-18(11-14)21-19(24)22(8-9-23-4)16(3)17-6-5-7-20-13-17/h5-7,10-13,16H,8-9H2,1-4H3,(H,21,24)/t16-/m0/s1. The Hall–Kier alpha value is -1.98. The Labute approximate surface area is 149 Å². The molecule has 1 aromatic heterocycles. The fraction of sp³-hybridized carbons (Fsp3) is 0.368. The highest BCUT2D eigenvalue weighted by molar-refractivity contribution is 7.80. The highest BCUT2D eigenvalue weighted by Gasteiger charge is 2.19. The van der Waals surface area contributed by atoms with Gasteiger partial charge in [0, 0.05) is 31.7 Å². The number of nitrogens with zero attached hydrogens (tertiary/aromatic N) is 2. The van der Waals surface area contributed by atoms with E-state index in [4.69, 9.17) is 17.0 Å². The number of thiocarbonyl (C=S) groups is 1. The number of methoxy groups -OCH3 is 1. The zero-order valence-electron chi connectivity index (χ0n) is 14.7. The maximum Gasteiger partial charge on any atom is 0.174 e. The van der Waals surface area contributed by atoms with Gasteiger partial charge in [-0.15, -0.1) is 0 Å². The van der Waals surface area contributed by atoms with Crippen LogP contribution >= 0.6 is 12.2 Å². The number of pyridine rings is 1. The van der Waals surface area contributed by atoms with E-state index < -0.39 is 0 Å². The number of benzene rings is 1. The van der Waals surface area contributed by atoms with Gasteiger partial charge < -0.3 is 15.0 Å². The van der Waals surface area contributed by atoms with E-state index in [2.05, 4.69) is 60.2 Å². The SMILES string of the molecule is COCCN(C(=S)Nc1cc(C)cc(C)c1)[C@@H](C)c1cccnc1. The summed E-state index contributed by atoms with van der Waals surface area (Å²) in [4.78, 5) is 6.35. The third-order valence-electron chi connectivity index (χ3n) is 3.90. The summed E-state index contributed by atoms with van der Waals surface area (Å²) in [6.07, 6.45) is 3.66. The van der Waals surface area contributed by atoms with Crippen LogP contribution in [-0.2, 0) is 4.74 Å². The van der Waals surface area contributed by atoms with E-state index in [0.29, 0.717) is 18.3 Å². The van der Waals surface area contributed by atoms with Crippen molar-refractivity contribution in [2.24, 2.45) is 0 Å². The van der Waals surface area contributed by atoms with Crippen molar-refractivity contribution in [2.75, 3.05) is 25.6 Å². The van der Waals surface area contributed by atoms with E-state index in [1.54, 1.807) is 13.3 Å². The van der Waals surface area contributed by atoms with E-state index in [0.717, 1.165) is 11.3 Å². The lowest BCUT2D eigenvalue weighted by molar-refractivity contribution is 0.165. The van der Waals surface area contributed by atoms with Crippen LogP contribution in [0.2, 0.25) is 0 Å². The molecular weight excluding hydrogens is 318 g/mol. The Bertz CT molecular complexity index is 655. The number of aromatic nitrogens is 1. The van der Waals surface area contributed by atoms with Crippen molar-refractivity contribution in [2.45, 2.75) is 26.8 Å². The van der Waals surface area contributed by atoms with E-state index in [-0.39, 0.29) is 6.04 Å². The molecule has 2 rings (SSSR count). The van der Waals surface area contributed by atoms with Gasteiger partial charge in [0.25, 0.3) is 0 Å². The molecule has 1 atom stereocenters. The molecule has 24 heavy (non-hydrogen) atoms. The first kappa shape index (κ1) is 18.4. The van der Waals surface area contributed by atoms with Crippen LogP contribution in [0, 0.1) is 13.8 Å². The van der Waals surface area contributed by atoms with Crippen molar-refractivity contribution in [1.82, 2.24) is 9.88 Å². The lowest BCUT2D eigenvalue weighted by Crippen LogP contribution is -2.39. The molecule has 1 heterocycles. The summed E-state index contributed by atoms with van der Waals surface area (Å²) in [6.45, 7) is 7.62. The number of nitrogens with one attached hydrogen (secondary N) is 1. The first-order valence-corrected chi connectivity index (χ1v) is 8.47. The van der Waals surface area contributed by atoms with Gasteiger partial charge in [0.05, 0.1) is 12.6 Å². The summed E-state index contributed by atoms with van der Waals surface area (Å²) in [5.41, 5.74) is 4.56. The zero-order valence-corrected chi connectivity index (χ0v) is 15.6. The van der Waals surface area contributed by atoms with Gasteiger partial charge in [-0.25, -0.2) is 0 Å². The van der Waals surface area contributed by atoms with Crippen LogP contribution in [0.3, 0.4) is 0 Å². The lowest BCUT2D eigenvalue weighted by atomic mass is 10.1. The number of hydrogen-bond acceptors (Lipinski definition) is 3. The van der Waals surface area contributed by atoms with Gasteiger partial charge in [0.1, 0.15) is 0 Å². The van der Waals surface area contributed by atoms with E-state index >= 15 is 0 Å². The maximum absolute atomic E-state index is 5.67. The summed E-state index contributed by atoms with van der Waals surface area (Å²) in [7, 11) is 1.70. The van der Waals surface area contributed by atoms with Crippen molar-refractivity contribution >= 4 is 23.0 Å². The molecule has 0 aliphatic carbocycles. The molecule has 0 radical (unpaired) electrons.